The summed E-state index contributed by atoms with van der Waals surface area (Å²) in [6.07, 6.45) is 8.21. The quantitative estimate of drug-likeness (QED) is 0.440. The summed E-state index contributed by atoms with van der Waals surface area (Å²) in [6.45, 7) is 7.01. The van der Waals surface area contributed by atoms with E-state index in [1.165, 1.54) is 38.5 Å². The van der Waals surface area contributed by atoms with Crippen LogP contribution in [0.15, 0.2) is 0 Å². The molecule has 1 heteroatoms. The molecule has 0 aliphatic heterocycles. The van der Waals surface area contributed by atoms with E-state index in [9.17, 15) is 0 Å². The van der Waals surface area contributed by atoms with E-state index in [0.29, 0.717) is 5.41 Å². The van der Waals surface area contributed by atoms with Crippen LogP contribution in [0.25, 0.3) is 0 Å². The molecule has 0 N–H and O–H groups in total. The van der Waals surface area contributed by atoms with Crippen molar-refractivity contribution in [2.75, 3.05) is 5.33 Å². The van der Waals surface area contributed by atoms with E-state index in [2.05, 4.69) is 36.7 Å². The maximum absolute atomic E-state index is 3.53. The van der Waals surface area contributed by atoms with Gasteiger partial charge >= 0.3 is 0 Å². The Labute approximate surface area is 86.3 Å². The molecule has 0 aromatic rings. The zero-order valence-corrected chi connectivity index (χ0v) is 10.4. The summed E-state index contributed by atoms with van der Waals surface area (Å²) >= 11 is 3.53. The van der Waals surface area contributed by atoms with Crippen LogP contribution in [-0.2, 0) is 0 Å². The van der Waals surface area contributed by atoms with Crippen molar-refractivity contribution in [1.82, 2.24) is 0 Å². The second-order valence-electron chi connectivity index (χ2n) is 4.06. The van der Waals surface area contributed by atoms with Crippen LogP contribution in [-0.4, -0.2) is 5.33 Å². The molecule has 0 fully saturated rings. The summed E-state index contributed by atoms with van der Waals surface area (Å²) in [5.74, 6) is 0. The first-order valence-corrected chi connectivity index (χ1v) is 6.36. The lowest BCUT2D eigenvalue weighted by Gasteiger charge is -2.27. The van der Waals surface area contributed by atoms with Crippen molar-refractivity contribution in [3.63, 3.8) is 0 Å². The van der Waals surface area contributed by atoms with Gasteiger partial charge in [-0.05, 0) is 18.3 Å². The van der Waals surface area contributed by atoms with Gasteiger partial charge < -0.3 is 0 Å². The van der Waals surface area contributed by atoms with Crippen molar-refractivity contribution >= 4 is 15.9 Å². The summed E-state index contributed by atoms with van der Waals surface area (Å²) in [4.78, 5) is 0. The summed E-state index contributed by atoms with van der Waals surface area (Å²) < 4.78 is 0. The highest BCUT2D eigenvalue weighted by atomic mass is 79.9. The topological polar surface area (TPSA) is 0 Å². The SMILES string of the molecule is CCCCCC(C)(CC)CCBr. The fraction of sp³-hybridized carbons (Fsp3) is 1.00. The van der Waals surface area contributed by atoms with Gasteiger partial charge in [0.25, 0.3) is 0 Å². The molecule has 0 nitrogen and oxygen atoms in total. The normalized spacial score (nSPS) is 16.0. The number of rotatable bonds is 7. The third-order valence-corrected chi connectivity index (χ3v) is 3.33. The van der Waals surface area contributed by atoms with Crippen LogP contribution in [0.3, 0.4) is 0 Å². The monoisotopic (exact) mass is 234 g/mol. The van der Waals surface area contributed by atoms with Crippen LogP contribution >= 0.6 is 15.9 Å². The Morgan fingerprint density at radius 3 is 2.17 bits per heavy atom. The van der Waals surface area contributed by atoms with E-state index in [1.807, 2.05) is 0 Å². The average molecular weight is 235 g/mol. The lowest BCUT2D eigenvalue weighted by atomic mass is 9.80. The Morgan fingerprint density at radius 2 is 1.75 bits per heavy atom. The number of alkyl halides is 1. The molecule has 12 heavy (non-hydrogen) atoms. The molecule has 0 saturated carbocycles. The van der Waals surface area contributed by atoms with Crippen LogP contribution in [0.2, 0.25) is 0 Å². The minimum absolute atomic E-state index is 0.596. The average Bonchev–Trinajstić information content (AvgIpc) is 2.06. The predicted octanol–water partition coefficient (Wildman–Crippen LogP) is 4.77. The molecular weight excluding hydrogens is 212 g/mol. The van der Waals surface area contributed by atoms with E-state index in [0.717, 1.165) is 5.33 Å². The minimum atomic E-state index is 0.596. The van der Waals surface area contributed by atoms with Crippen molar-refractivity contribution in [3.8, 4) is 0 Å². The smallest absolute Gasteiger partial charge is 0.00364 e. The van der Waals surface area contributed by atoms with Gasteiger partial charge in [-0.2, -0.15) is 0 Å². The molecule has 0 heterocycles. The molecule has 0 aliphatic carbocycles. The molecule has 0 aromatic carbocycles. The standard InChI is InChI=1S/C11H23Br/c1-4-6-7-8-11(3,5-2)9-10-12/h4-10H2,1-3H3. The summed E-state index contributed by atoms with van der Waals surface area (Å²) in [6, 6.07) is 0. The maximum Gasteiger partial charge on any atom is 0.00364 e. The number of hydrogen-bond donors (Lipinski definition) is 0. The lowest BCUT2D eigenvalue weighted by Crippen LogP contribution is -2.15. The Balaban J connectivity index is 3.63. The molecule has 0 bridgehead atoms. The van der Waals surface area contributed by atoms with Gasteiger partial charge in [-0.3, -0.25) is 0 Å². The van der Waals surface area contributed by atoms with Crippen molar-refractivity contribution in [2.24, 2.45) is 5.41 Å². The third-order valence-electron chi connectivity index (χ3n) is 2.94. The number of hydrogen-bond acceptors (Lipinski definition) is 0. The Morgan fingerprint density at radius 1 is 1.08 bits per heavy atom. The van der Waals surface area contributed by atoms with Gasteiger partial charge in [-0.1, -0.05) is 62.4 Å². The number of unbranched alkanes of at least 4 members (excludes halogenated alkanes) is 2. The lowest BCUT2D eigenvalue weighted by molar-refractivity contribution is 0.266. The van der Waals surface area contributed by atoms with Gasteiger partial charge in [0, 0.05) is 5.33 Å². The highest BCUT2D eigenvalue weighted by Crippen LogP contribution is 2.32. The Kier molecular flexibility index (Phi) is 7.22. The summed E-state index contributed by atoms with van der Waals surface area (Å²) in [5.41, 5.74) is 0.596. The summed E-state index contributed by atoms with van der Waals surface area (Å²) in [5, 5.41) is 1.16. The van der Waals surface area contributed by atoms with Crippen LogP contribution in [0.4, 0.5) is 0 Å². The number of halogens is 1. The first kappa shape index (κ1) is 12.5. The first-order chi connectivity index (χ1) is 5.68. The van der Waals surface area contributed by atoms with Gasteiger partial charge in [0.15, 0.2) is 0 Å². The van der Waals surface area contributed by atoms with Crippen LogP contribution in [0.1, 0.15) is 59.3 Å². The molecule has 0 rings (SSSR count). The second kappa shape index (κ2) is 6.94. The Bertz CT molecular complexity index is 101. The van der Waals surface area contributed by atoms with Gasteiger partial charge in [0.2, 0.25) is 0 Å². The van der Waals surface area contributed by atoms with Gasteiger partial charge in [-0.15, -0.1) is 0 Å². The van der Waals surface area contributed by atoms with Crippen LogP contribution in [0.5, 0.6) is 0 Å². The maximum atomic E-state index is 3.53. The highest BCUT2D eigenvalue weighted by molar-refractivity contribution is 9.09. The first-order valence-electron chi connectivity index (χ1n) is 5.24. The molecule has 0 amide bonds. The fourth-order valence-corrected chi connectivity index (χ4v) is 2.47. The molecule has 0 spiro atoms. The molecule has 1 atom stereocenters. The molecule has 1 unspecified atom stereocenters. The third kappa shape index (κ3) is 5.18. The zero-order valence-electron chi connectivity index (χ0n) is 8.83. The largest absolute Gasteiger partial charge is 0.0928 e. The predicted molar refractivity (Wildman–Crippen MR) is 61.0 cm³/mol. The van der Waals surface area contributed by atoms with Gasteiger partial charge in [0.05, 0.1) is 0 Å². The van der Waals surface area contributed by atoms with Gasteiger partial charge in [-0.25, -0.2) is 0 Å². The highest BCUT2D eigenvalue weighted by Gasteiger charge is 2.19. The molecule has 74 valence electrons. The Hall–Kier alpha value is 0.480. The fourth-order valence-electron chi connectivity index (χ4n) is 1.51. The van der Waals surface area contributed by atoms with E-state index < -0.39 is 0 Å². The van der Waals surface area contributed by atoms with E-state index >= 15 is 0 Å². The van der Waals surface area contributed by atoms with Crippen molar-refractivity contribution in [3.05, 3.63) is 0 Å². The molecule has 0 saturated heterocycles. The van der Waals surface area contributed by atoms with Crippen LogP contribution < -0.4 is 0 Å². The van der Waals surface area contributed by atoms with Crippen molar-refractivity contribution in [1.29, 1.82) is 0 Å². The molecule has 0 radical (unpaired) electrons. The van der Waals surface area contributed by atoms with Crippen LogP contribution in [0, 0.1) is 5.41 Å². The zero-order chi connectivity index (χ0) is 9.45. The summed E-state index contributed by atoms with van der Waals surface area (Å²) in [7, 11) is 0. The molecule has 0 aliphatic rings. The van der Waals surface area contributed by atoms with E-state index in [4.69, 9.17) is 0 Å². The van der Waals surface area contributed by atoms with Gasteiger partial charge in [0.1, 0.15) is 0 Å². The molecular formula is C11H23Br. The van der Waals surface area contributed by atoms with Crippen molar-refractivity contribution < 1.29 is 0 Å². The minimum Gasteiger partial charge on any atom is -0.0928 e. The van der Waals surface area contributed by atoms with E-state index in [-0.39, 0.29) is 0 Å². The second-order valence-corrected chi connectivity index (χ2v) is 4.85. The van der Waals surface area contributed by atoms with E-state index in [1.54, 1.807) is 0 Å². The molecule has 0 aromatic heterocycles. The van der Waals surface area contributed by atoms with Crippen molar-refractivity contribution in [2.45, 2.75) is 59.3 Å².